The average Bonchev–Trinajstić information content (AvgIpc) is 2.45. The van der Waals surface area contributed by atoms with Crippen LogP contribution in [0.1, 0.15) is 19.4 Å². The van der Waals surface area contributed by atoms with E-state index in [1.165, 1.54) is 6.07 Å². The average molecular weight is 273 g/mol. The quantitative estimate of drug-likeness (QED) is 0.889. The summed E-state index contributed by atoms with van der Waals surface area (Å²) >= 11 is 0. The first-order valence-corrected chi connectivity index (χ1v) is 6.77. The first-order valence-electron chi connectivity index (χ1n) is 6.77. The van der Waals surface area contributed by atoms with Crippen molar-refractivity contribution in [2.45, 2.75) is 26.4 Å². The van der Waals surface area contributed by atoms with E-state index in [2.05, 4.69) is 19.2 Å². The summed E-state index contributed by atoms with van der Waals surface area (Å²) in [5.41, 5.74) is 2.55. The molecule has 0 atom stereocenters. The predicted molar refractivity (Wildman–Crippen MR) is 80.4 cm³/mol. The van der Waals surface area contributed by atoms with Crippen molar-refractivity contribution in [2.75, 3.05) is 7.11 Å². The zero-order valence-corrected chi connectivity index (χ0v) is 12.1. The first kappa shape index (κ1) is 14.5. The summed E-state index contributed by atoms with van der Waals surface area (Å²) in [5, 5.41) is 3.36. The second kappa shape index (κ2) is 6.53. The van der Waals surface area contributed by atoms with Crippen molar-refractivity contribution in [1.29, 1.82) is 0 Å². The summed E-state index contributed by atoms with van der Waals surface area (Å²) in [7, 11) is 1.64. The minimum atomic E-state index is -0.205. The molecule has 0 fully saturated rings. The van der Waals surface area contributed by atoms with Crippen LogP contribution in [0, 0.1) is 5.82 Å². The number of rotatable bonds is 5. The van der Waals surface area contributed by atoms with Crippen LogP contribution in [0.2, 0.25) is 0 Å². The van der Waals surface area contributed by atoms with Crippen LogP contribution in [-0.4, -0.2) is 13.2 Å². The van der Waals surface area contributed by atoms with Gasteiger partial charge in [0.15, 0.2) is 0 Å². The molecular weight excluding hydrogens is 253 g/mol. The molecule has 0 heterocycles. The molecule has 2 aromatic carbocycles. The van der Waals surface area contributed by atoms with Crippen LogP contribution in [0.25, 0.3) is 11.1 Å². The zero-order valence-electron chi connectivity index (χ0n) is 12.1. The van der Waals surface area contributed by atoms with Crippen LogP contribution < -0.4 is 10.1 Å². The molecule has 0 spiro atoms. The van der Waals surface area contributed by atoms with Crippen LogP contribution >= 0.6 is 0 Å². The highest BCUT2D eigenvalue weighted by molar-refractivity contribution is 5.69. The van der Waals surface area contributed by atoms with Gasteiger partial charge in [-0.05, 0) is 29.3 Å². The maximum absolute atomic E-state index is 14.0. The molecule has 0 amide bonds. The molecule has 1 N–H and O–H groups in total. The summed E-state index contributed by atoms with van der Waals surface area (Å²) in [6, 6.07) is 12.9. The van der Waals surface area contributed by atoms with E-state index in [0.29, 0.717) is 18.2 Å². The number of halogens is 1. The lowest BCUT2D eigenvalue weighted by Crippen LogP contribution is -2.22. The van der Waals surface area contributed by atoms with E-state index in [1.54, 1.807) is 19.2 Å². The van der Waals surface area contributed by atoms with Gasteiger partial charge in [0, 0.05) is 18.2 Å². The van der Waals surface area contributed by atoms with Crippen LogP contribution in [0.15, 0.2) is 42.5 Å². The van der Waals surface area contributed by atoms with E-state index in [0.717, 1.165) is 16.9 Å². The van der Waals surface area contributed by atoms with Gasteiger partial charge in [-0.15, -0.1) is 0 Å². The molecule has 2 rings (SSSR count). The number of hydrogen-bond donors (Lipinski definition) is 1. The molecule has 0 saturated heterocycles. The molecule has 0 aliphatic carbocycles. The largest absolute Gasteiger partial charge is 0.497 e. The Morgan fingerprint density at radius 1 is 1.10 bits per heavy atom. The van der Waals surface area contributed by atoms with Gasteiger partial charge in [-0.2, -0.15) is 0 Å². The second-order valence-electron chi connectivity index (χ2n) is 5.04. The fourth-order valence-electron chi connectivity index (χ4n) is 2.10. The minimum Gasteiger partial charge on any atom is -0.497 e. The zero-order chi connectivity index (χ0) is 14.5. The Labute approximate surface area is 119 Å². The third-order valence-corrected chi connectivity index (χ3v) is 3.18. The molecule has 2 nitrogen and oxygen atoms in total. The molecule has 0 radical (unpaired) electrons. The molecule has 0 unspecified atom stereocenters. The highest BCUT2D eigenvalue weighted by Gasteiger charge is 2.10. The van der Waals surface area contributed by atoms with Gasteiger partial charge >= 0.3 is 0 Å². The Kier molecular flexibility index (Phi) is 4.74. The normalized spacial score (nSPS) is 10.8. The number of hydrogen-bond acceptors (Lipinski definition) is 2. The molecule has 0 aliphatic heterocycles. The first-order chi connectivity index (χ1) is 9.61. The Bertz CT molecular complexity index is 581. The van der Waals surface area contributed by atoms with Crippen molar-refractivity contribution < 1.29 is 9.13 Å². The summed E-state index contributed by atoms with van der Waals surface area (Å²) in [5.74, 6) is 0.578. The van der Waals surface area contributed by atoms with Gasteiger partial charge in [0.2, 0.25) is 0 Å². The second-order valence-corrected chi connectivity index (χ2v) is 5.04. The van der Waals surface area contributed by atoms with E-state index in [-0.39, 0.29) is 5.82 Å². The predicted octanol–water partition coefficient (Wildman–Crippen LogP) is 4.00. The van der Waals surface area contributed by atoms with Gasteiger partial charge in [0.1, 0.15) is 11.6 Å². The standard InChI is InChI=1S/C17H20FNO/c1-12(2)19-11-13-10-14(20-3)8-9-15(13)16-6-4-5-7-17(16)18/h4-10,12,19H,11H2,1-3H3. The molecule has 3 heteroatoms. The van der Waals surface area contributed by atoms with E-state index in [1.807, 2.05) is 24.3 Å². The van der Waals surface area contributed by atoms with Gasteiger partial charge in [0.05, 0.1) is 7.11 Å². The van der Waals surface area contributed by atoms with Crippen LogP contribution in [0.5, 0.6) is 5.75 Å². The maximum Gasteiger partial charge on any atom is 0.131 e. The Balaban J connectivity index is 2.43. The summed E-state index contributed by atoms with van der Waals surface area (Å²) in [6.45, 7) is 4.85. The lowest BCUT2D eigenvalue weighted by atomic mass is 9.98. The van der Waals surface area contributed by atoms with Crippen LogP contribution in [0.4, 0.5) is 4.39 Å². The number of methoxy groups -OCH3 is 1. The SMILES string of the molecule is COc1ccc(-c2ccccc2F)c(CNC(C)C)c1. The highest BCUT2D eigenvalue weighted by Crippen LogP contribution is 2.29. The summed E-state index contributed by atoms with van der Waals surface area (Å²) in [6.07, 6.45) is 0. The van der Waals surface area contributed by atoms with Crippen molar-refractivity contribution in [2.24, 2.45) is 0 Å². The Morgan fingerprint density at radius 2 is 1.85 bits per heavy atom. The third-order valence-electron chi connectivity index (χ3n) is 3.18. The smallest absolute Gasteiger partial charge is 0.131 e. The third kappa shape index (κ3) is 3.36. The van der Waals surface area contributed by atoms with Gasteiger partial charge in [-0.25, -0.2) is 4.39 Å². The van der Waals surface area contributed by atoms with Crippen molar-refractivity contribution in [3.8, 4) is 16.9 Å². The van der Waals surface area contributed by atoms with Gasteiger partial charge in [-0.1, -0.05) is 38.1 Å². The molecule has 0 saturated carbocycles. The maximum atomic E-state index is 14.0. The van der Waals surface area contributed by atoms with E-state index < -0.39 is 0 Å². The van der Waals surface area contributed by atoms with Crippen molar-refractivity contribution >= 4 is 0 Å². The lowest BCUT2D eigenvalue weighted by Gasteiger charge is -2.15. The molecule has 106 valence electrons. The summed E-state index contributed by atoms with van der Waals surface area (Å²) in [4.78, 5) is 0. The fourth-order valence-corrected chi connectivity index (χ4v) is 2.10. The van der Waals surface area contributed by atoms with E-state index in [4.69, 9.17) is 4.74 Å². The highest BCUT2D eigenvalue weighted by atomic mass is 19.1. The molecule has 2 aromatic rings. The number of nitrogens with one attached hydrogen (secondary N) is 1. The number of benzene rings is 2. The van der Waals surface area contributed by atoms with E-state index in [9.17, 15) is 4.39 Å². The minimum absolute atomic E-state index is 0.205. The summed E-state index contributed by atoms with van der Waals surface area (Å²) < 4.78 is 19.2. The molecule has 0 aromatic heterocycles. The van der Waals surface area contributed by atoms with Crippen LogP contribution in [0.3, 0.4) is 0 Å². The fraction of sp³-hybridized carbons (Fsp3) is 0.294. The van der Waals surface area contributed by atoms with Crippen molar-refractivity contribution in [1.82, 2.24) is 5.32 Å². The van der Waals surface area contributed by atoms with E-state index >= 15 is 0 Å². The topological polar surface area (TPSA) is 21.3 Å². The Morgan fingerprint density at radius 3 is 2.50 bits per heavy atom. The van der Waals surface area contributed by atoms with Gasteiger partial charge in [0.25, 0.3) is 0 Å². The van der Waals surface area contributed by atoms with Gasteiger partial charge < -0.3 is 10.1 Å². The van der Waals surface area contributed by atoms with Gasteiger partial charge in [-0.3, -0.25) is 0 Å². The molecule has 20 heavy (non-hydrogen) atoms. The molecule has 0 aliphatic rings. The monoisotopic (exact) mass is 273 g/mol. The van der Waals surface area contributed by atoms with Crippen molar-refractivity contribution in [3.63, 3.8) is 0 Å². The Hall–Kier alpha value is -1.87. The van der Waals surface area contributed by atoms with Crippen LogP contribution in [-0.2, 0) is 6.54 Å². The molecular formula is C17H20FNO. The number of ether oxygens (including phenoxy) is 1. The van der Waals surface area contributed by atoms with Crippen molar-refractivity contribution in [3.05, 3.63) is 53.8 Å². The lowest BCUT2D eigenvalue weighted by molar-refractivity contribution is 0.414. The molecule has 0 bridgehead atoms.